The molecule has 0 spiro atoms. The average Bonchev–Trinajstić information content (AvgIpc) is 2.23. The predicted octanol–water partition coefficient (Wildman–Crippen LogP) is -0.446. The Kier molecular flexibility index (Phi) is 11.5. The second-order valence-electron chi connectivity index (χ2n) is 7.45. The van der Waals surface area contributed by atoms with Gasteiger partial charge in [-0.05, 0) is 5.56 Å². The van der Waals surface area contributed by atoms with Gasteiger partial charge in [0.1, 0.15) is 0 Å². The van der Waals surface area contributed by atoms with Crippen molar-refractivity contribution in [3.63, 3.8) is 0 Å². The molecule has 0 aromatic heterocycles. The lowest BCUT2D eigenvalue weighted by Gasteiger charge is -2.25. The zero-order valence-corrected chi connectivity index (χ0v) is 14.8. The molecule has 0 N–H and O–H groups in total. The lowest BCUT2D eigenvalue weighted by molar-refractivity contribution is -0.849. The first-order chi connectivity index (χ1) is 9.29. The van der Waals surface area contributed by atoms with Crippen LogP contribution in [0.25, 0.3) is 0 Å². The third kappa shape index (κ3) is 38.1. The number of benzene rings is 1. The molecule has 0 saturated carbocycles. The largest absolute Gasteiger partial charge is 0.871 e. The quantitative estimate of drug-likeness (QED) is 0.561. The SMILES string of the molecule is C[N+](C)(C)C.C[N+](C)(C)C.[O-]B([O-])OCc1ccccc1. The van der Waals surface area contributed by atoms with Crippen LogP contribution in [0, 0.1) is 0 Å². The van der Waals surface area contributed by atoms with Crippen molar-refractivity contribution in [3.8, 4) is 0 Å². The van der Waals surface area contributed by atoms with E-state index < -0.39 is 7.32 Å². The van der Waals surface area contributed by atoms with E-state index in [-0.39, 0.29) is 6.61 Å². The van der Waals surface area contributed by atoms with Crippen LogP contribution in [0.4, 0.5) is 0 Å². The Morgan fingerprint density at radius 2 is 1.14 bits per heavy atom. The van der Waals surface area contributed by atoms with Crippen molar-refractivity contribution in [1.82, 2.24) is 0 Å². The first-order valence-corrected chi connectivity index (χ1v) is 6.84. The van der Waals surface area contributed by atoms with Gasteiger partial charge in [-0.3, -0.25) is 0 Å². The van der Waals surface area contributed by atoms with Crippen LogP contribution in [0.5, 0.6) is 0 Å². The molecule has 1 rings (SSSR count). The lowest BCUT2D eigenvalue weighted by Crippen LogP contribution is -2.47. The first-order valence-electron chi connectivity index (χ1n) is 6.84. The van der Waals surface area contributed by atoms with E-state index in [9.17, 15) is 10.0 Å². The van der Waals surface area contributed by atoms with Crippen LogP contribution < -0.4 is 10.0 Å². The van der Waals surface area contributed by atoms with Crippen molar-refractivity contribution < 1.29 is 23.7 Å². The fourth-order valence-electron chi connectivity index (χ4n) is 0.739. The van der Waals surface area contributed by atoms with Gasteiger partial charge in [0, 0.05) is 0 Å². The van der Waals surface area contributed by atoms with Crippen LogP contribution in [0.1, 0.15) is 5.56 Å². The van der Waals surface area contributed by atoms with E-state index in [1.807, 2.05) is 18.2 Å². The number of rotatable bonds is 3. The highest BCUT2D eigenvalue weighted by Crippen LogP contribution is 1.99. The van der Waals surface area contributed by atoms with Gasteiger partial charge in [-0.25, -0.2) is 0 Å². The van der Waals surface area contributed by atoms with Gasteiger partial charge in [0.15, 0.2) is 0 Å². The summed E-state index contributed by atoms with van der Waals surface area (Å²) in [5.41, 5.74) is 0.837. The Hall–Kier alpha value is -0.915. The summed E-state index contributed by atoms with van der Waals surface area (Å²) in [5.74, 6) is 0. The Bertz CT molecular complexity index is 322. The average molecular weight is 298 g/mol. The van der Waals surface area contributed by atoms with Crippen LogP contribution in [0.2, 0.25) is 0 Å². The summed E-state index contributed by atoms with van der Waals surface area (Å²) in [6, 6.07) is 9.09. The van der Waals surface area contributed by atoms with Gasteiger partial charge in [0.05, 0.1) is 70.3 Å². The summed E-state index contributed by atoms with van der Waals surface area (Å²) in [6.45, 7) is 0.0957. The molecule has 0 bridgehead atoms. The second kappa shape index (κ2) is 10.8. The van der Waals surface area contributed by atoms with Gasteiger partial charge in [0.25, 0.3) is 0 Å². The Labute approximate surface area is 130 Å². The third-order valence-corrected chi connectivity index (χ3v) is 1.23. The molecule has 0 amide bonds. The van der Waals surface area contributed by atoms with Crippen LogP contribution in [-0.2, 0) is 11.3 Å². The van der Waals surface area contributed by atoms with Gasteiger partial charge in [-0.15, -0.1) is 0 Å². The lowest BCUT2D eigenvalue weighted by atomic mass is 10.2. The molecule has 1 aromatic rings. The second-order valence-corrected chi connectivity index (χ2v) is 7.45. The zero-order chi connectivity index (χ0) is 17.1. The van der Waals surface area contributed by atoms with Crippen LogP contribution in [-0.4, -0.2) is 72.7 Å². The third-order valence-electron chi connectivity index (χ3n) is 1.23. The van der Waals surface area contributed by atoms with E-state index in [1.54, 1.807) is 12.1 Å². The topological polar surface area (TPSA) is 55.3 Å². The molecule has 0 fully saturated rings. The fraction of sp³-hybridized carbons (Fsp3) is 0.600. The standard InChI is InChI=1S/C7H7BO3.2C4H12N/c9-8(10)11-6-7-4-2-1-3-5-7;2*1-5(2,3)4/h1-5H,6H2;2*1-4H3/q-2;2*+1. The Morgan fingerprint density at radius 1 is 0.810 bits per heavy atom. The molecule has 0 aliphatic heterocycles. The van der Waals surface area contributed by atoms with Gasteiger partial charge >= 0.3 is 0 Å². The molecule has 122 valence electrons. The number of nitrogens with zero attached hydrogens (tertiary/aromatic N) is 2. The predicted molar refractivity (Wildman–Crippen MR) is 84.9 cm³/mol. The van der Waals surface area contributed by atoms with Crippen molar-refractivity contribution in [2.45, 2.75) is 6.61 Å². The molecular formula is C15H31BN2O3. The molecule has 0 unspecified atom stereocenters. The Balaban J connectivity index is 0. The minimum absolute atomic E-state index is 0.0957. The number of hydrogen-bond acceptors (Lipinski definition) is 3. The van der Waals surface area contributed by atoms with Gasteiger partial charge in [-0.2, -0.15) is 0 Å². The van der Waals surface area contributed by atoms with Crippen molar-refractivity contribution in [3.05, 3.63) is 35.9 Å². The van der Waals surface area contributed by atoms with Crippen LogP contribution >= 0.6 is 0 Å². The van der Waals surface area contributed by atoms with E-state index in [2.05, 4.69) is 61.0 Å². The fourth-order valence-corrected chi connectivity index (χ4v) is 0.739. The molecule has 0 atom stereocenters. The molecule has 0 radical (unpaired) electrons. The van der Waals surface area contributed by atoms with Gasteiger partial charge < -0.3 is 23.7 Å². The molecular weight excluding hydrogens is 267 g/mol. The highest BCUT2D eigenvalue weighted by molar-refractivity contribution is 6.28. The maximum atomic E-state index is 9.92. The molecule has 5 nitrogen and oxygen atoms in total. The van der Waals surface area contributed by atoms with E-state index >= 15 is 0 Å². The monoisotopic (exact) mass is 298 g/mol. The Morgan fingerprint density at radius 3 is 1.43 bits per heavy atom. The van der Waals surface area contributed by atoms with Crippen molar-refractivity contribution in [2.75, 3.05) is 56.4 Å². The normalized spacial score (nSPS) is 10.8. The molecule has 1 aromatic carbocycles. The van der Waals surface area contributed by atoms with Gasteiger partial charge in [-0.1, -0.05) is 30.3 Å². The summed E-state index contributed by atoms with van der Waals surface area (Å²) in [7, 11) is 14.8. The maximum Gasteiger partial charge on any atom is 0.0675 e. The van der Waals surface area contributed by atoms with E-state index in [0.29, 0.717) is 0 Å². The molecule has 0 aliphatic carbocycles. The summed E-state index contributed by atoms with van der Waals surface area (Å²) < 4.78 is 6.32. The molecule has 6 heteroatoms. The van der Waals surface area contributed by atoms with E-state index in [1.165, 1.54) is 0 Å². The van der Waals surface area contributed by atoms with Crippen LogP contribution in [0.3, 0.4) is 0 Å². The molecule has 0 heterocycles. The van der Waals surface area contributed by atoms with Crippen LogP contribution in [0.15, 0.2) is 30.3 Å². The van der Waals surface area contributed by atoms with Crippen molar-refractivity contribution in [2.24, 2.45) is 0 Å². The number of quaternary nitrogens is 2. The highest BCUT2D eigenvalue weighted by Gasteiger charge is 1.89. The van der Waals surface area contributed by atoms with Crippen molar-refractivity contribution in [1.29, 1.82) is 0 Å². The summed E-state index contributed by atoms with van der Waals surface area (Å²) in [6.07, 6.45) is 0. The first kappa shape index (κ1) is 22.4. The van der Waals surface area contributed by atoms with E-state index in [0.717, 1.165) is 14.5 Å². The molecule has 0 aliphatic rings. The summed E-state index contributed by atoms with van der Waals surface area (Å²) in [4.78, 5) is 0. The van der Waals surface area contributed by atoms with E-state index in [4.69, 9.17) is 0 Å². The summed E-state index contributed by atoms with van der Waals surface area (Å²) in [5, 5.41) is 19.8. The zero-order valence-electron chi connectivity index (χ0n) is 14.8. The summed E-state index contributed by atoms with van der Waals surface area (Å²) >= 11 is 0. The molecule has 0 saturated heterocycles. The minimum atomic E-state index is -2.18. The van der Waals surface area contributed by atoms with Gasteiger partial charge in [0.2, 0.25) is 0 Å². The number of hydrogen-bond donors (Lipinski definition) is 0. The molecule has 21 heavy (non-hydrogen) atoms. The smallest absolute Gasteiger partial charge is 0.0675 e. The highest BCUT2D eigenvalue weighted by atomic mass is 16.6. The van der Waals surface area contributed by atoms with Crippen molar-refractivity contribution >= 4 is 7.32 Å². The minimum Gasteiger partial charge on any atom is -0.871 e. The maximum absolute atomic E-state index is 9.92.